The lowest BCUT2D eigenvalue weighted by Gasteiger charge is -2.20. The highest BCUT2D eigenvalue weighted by atomic mass is 16.7. The first-order valence-electron chi connectivity index (χ1n) is 8.69. The second kappa shape index (κ2) is 6.69. The Labute approximate surface area is 155 Å². The molecule has 0 saturated carbocycles. The van der Waals surface area contributed by atoms with E-state index in [1.165, 1.54) is 0 Å². The van der Waals surface area contributed by atoms with E-state index in [2.05, 4.69) is 21.4 Å². The number of imidazole rings is 1. The third-order valence-electron chi connectivity index (χ3n) is 4.57. The van der Waals surface area contributed by atoms with E-state index in [4.69, 9.17) is 14.6 Å². The summed E-state index contributed by atoms with van der Waals surface area (Å²) in [5.74, 6) is 1.66. The van der Waals surface area contributed by atoms with Gasteiger partial charge in [-0.1, -0.05) is 12.1 Å². The van der Waals surface area contributed by atoms with Crippen LogP contribution in [0.5, 0.6) is 5.75 Å². The van der Waals surface area contributed by atoms with Crippen molar-refractivity contribution in [2.24, 2.45) is 0 Å². The fraction of sp³-hybridized carbons (Fsp3) is 0.150. The number of rotatable bonds is 4. The van der Waals surface area contributed by atoms with Gasteiger partial charge in [0.2, 0.25) is 0 Å². The molecule has 134 valence electrons. The van der Waals surface area contributed by atoms with Gasteiger partial charge in [0, 0.05) is 30.1 Å². The van der Waals surface area contributed by atoms with Crippen molar-refractivity contribution in [1.29, 1.82) is 0 Å². The van der Waals surface area contributed by atoms with Crippen LogP contribution < -0.4 is 10.1 Å². The highest BCUT2D eigenvalue weighted by Crippen LogP contribution is 2.27. The van der Waals surface area contributed by atoms with Crippen molar-refractivity contribution < 1.29 is 9.47 Å². The number of nitrogens with zero attached hydrogens (tertiary/aromatic N) is 4. The zero-order valence-electron chi connectivity index (χ0n) is 14.5. The number of hydrogen-bond donors (Lipinski definition) is 1. The average molecular weight is 359 g/mol. The van der Waals surface area contributed by atoms with Crippen LogP contribution in [0.25, 0.3) is 16.9 Å². The molecule has 1 aromatic carbocycles. The van der Waals surface area contributed by atoms with Crippen LogP contribution in [0.4, 0.5) is 5.82 Å². The van der Waals surface area contributed by atoms with Crippen molar-refractivity contribution in [2.45, 2.75) is 13.2 Å². The number of anilines is 1. The van der Waals surface area contributed by atoms with Crippen LogP contribution >= 0.6 is 0 Å². The van der Waals surface area contributed by atoms with Crippen molar-refractivity contribution in [1.82, 2.24) is 19.6 Å². The van der Waals surface area contributed by atoms with E-state index in [0.29, 0.717) is 19.9 Å². The molecule has 3 aromatic heterocycles. The Kier molecular flexibility index (Phi) is 3.91. The molecule has 4 heterocycles. The number of benzene rings is 1. The highest BCUT2D eigenvalue weighted by molar-refractivity contribution is 5.63. The van der Waals surface area contributed by atoms with Crippen LogP contribution in [-0.4, -0.2) is 26.4 Å². The van der Waals surface area contributed by atoms with Gasteiger partial charge in [0.05, 0.1) is 18.5 Å². The molecule has 0 unspecified atom stereocenters. The molecule has 7 nitrogen and oxygen atoms in total. The number of hydrogen-bond acceptors (Lipinski definition) is 6. The normalized spacial score (nSPS) is 13.2. The largest absolute Gasteiger partial charge is 0.467 e. The molecule has 7 heteroatoms. The van der Waals surface area contributed by atoms with Gasteiger partial charge in [-0.05, 0) is 35.9 Å². The van der Waals surface area contributed by atoms with Crippen molar-refractivity contribution in [2.75, 3.05) is 12.1 Å². The first kappa shape index (κ1) is 15.8. The van der Waals surface area contributed by atoms with Crippen LogP contribution in [0.2, 0.25) is 0 Å². The number of pyridine rings is 1. The SMILES string of the molecule is c1cc(CNc2ccc3ncc(-c4ccncc4)n3n2)c2c(c1)OCOC2. The van der Waals surface area contributed by atoms with E-state index in [1.54, 1.807) is 12.4 Å². The minimum atomic E-state index is 0.306. The lowest BCUT2D eigenvalue weighted by Crippen LogP contribution is -2.14. The summed E-state index contributed by atoms with van der Waals surface area (Å²) in [5, 5.41) is 8.09. The quantitative estimate of drug-likeness (QED) is 0.603. The summed E-state index contributed by atoms with van der Waals surface area (Å²) in [6.45, 7) is 1.50. The monoisotopic (exact) mass is 359 g/mol. The smallest absolute Gasteiger partial charge is 0.189 e. The molecule has 0 radical (unpaired) electrons. The van der Waals surface area contributed by atoms with E-state index in [0.717, 1.165) is 39.6 Å². The van der Waals surface area contributed by atoms with Gasteiger partial charge in [0.25, 0.3) is 0 Å². The van der Waals surface area contributed by atoms with Crippen LogP contribution in [-0.2, 0) is 17.9 Å². The maximum absolute atomic E-state index is 5.54. The molecule has 0 amide bonds. The molecule has 5 rings (SSSR count). The molecular formula is C20H17N5O2. The molecule has 0 bridgehead atoms. The molecule has 0 aliphatic carbocycles. The van der Waals surface area contributed by atoms with Crippen LogP contribution in [0, 0.1) is 0 Å². The molecule has 1 aliphatic heterocycles. The summed E-state index contributed by atoms with van der Waals surface area (Å²) in [7, 11) is 0. The second-order valence-corrected chi connectivity index (χ2v) is 6.23. The predicted octanol–water partition coefficient (Wildman–Crippen LogP) is 3.27. The predicted molar refractivity (Wildman–Crippen MR) is 100 cm³/mol. The van der Waals surface area contributed by atoms with Gasteiger partial charge in [-0.2, -0.15) is 0 Å². The summed E-state index contributed by atoms with van der Waals surface area (Å²) >= 11 is 0. The maximum atomic E-state index is 5.54. The summed E-state index contributed by atoms with van der Waals surface area (Å²) in [6.07, 6.45) is 5.35. The van der Waals surface area contributed by atoms with Crippen LogP contribution in [0.3, 0.4) is 0 Å². The first-order valence-corrected chi connectivity index (χ1v) is 8.69. The van der Waals surface area contributed by atoms with E-state index in [9.17, 15) is 0 Å². The fourth-order valence-electron chi connectivity index (χ4n) is 3.20. The van der Waals surface area contributed by atoms with E-state index in [1.807, 2.05) is 47.1 Å². The van der Waals surface area contributed by atoms with Gasteiger partial charge in [-0.25, -0.2) is 9.50 Å². The van der Waals surface area contributed by atoms with Gasteiger partial charge in [0.15, 0.2) is 12.4 Å². The van der Waals surface area contributed by atoms with Gasteiger partial charge in [-0.15, -0.1) is 5.10 Å². The van der Waals surface area contributed by atoms with Crippen molar-refractivity contribution in [3.63, 3.8) is 0 Å². The minimum Gasteiger partial charge on any atom is -0.467 e. The molecule has 4 aromatic rings. The molecule has 0 atom stereocenters. The molecular weight excluding hydrogens is 342 g/mol. The molecule has 1 N–H and O–H groups in total. The van der Waals surface area contributed by atoms with Gasteiger partial charge in [0.1, 0.15) is 11.6 Å². The van der Waals surface area contributed by atoms with Gasteiger partial charge in [-0.3, -0.25) is 4.98 Å². The van der Waals surface area contributed by atoms with E-state index < -0.39 is 0 Å². The van der Waals surface area contributed by atoms with Crippen molar-refractivity contribution in [3.05, 3.63) is 72.2 Å². The Balaban J connectivity index is 1.43. The highest BCUT2D eigenvalue weighted by Gasteiger charge is 2.14. The summed E-state index contributed by atoms with van der Waals surface area (Å²) in [5.41, 5.74) is 4.96. The third-order valence-corrected chi connectivity index (χ3v) is 4.57. The molecule has 0 fully saturated rings. The van der Waals surface area contributed by atoms with Crippen LogP contribution in [0.1, 0.15) is 11.1 Å². The van der Waals surface area contributed by atoms with Crippen LogP contribution in [0.15, 0.2) is 61.1 Å². The lowest BCUT2D eigenvalue weighted by molar-refractivity contribution is -0.0168. The Hall–Kier alpha value is -3.45. The zero-order valence-corrected chi connectivity index (χ0v) is 14.5. The zero-order chi connectivity index (χ0) is 18.1. The Morgan fingerprint density at radius 2 is 2.00 bits per heavy atom. The number of ether oxygens (including phenoxy) is 2. The van der Waals surface area contributed by atoms with Crippen molar-refractivity contribution in [3.8, 4) is 17.0 Å². The average Bonchev–Trinajstić information content (AvgIpc) is 3.16. The molecule has 0 saturated heterocycles. The molecule has 1 aliphatic rings. The Morgan fingerprint density at radius 3 is 2.93 bits per heavy atom. The molecule has 0 spiro atoms. The summed E-state index contributed by atoms with van der Waals surface area (Å²) in [4.78, 5) is 8.50. The summed E-state index contributed by atoms with van der Waals surface area (Å²) in [6, 6.07) is 13.8. The molecule has 27 heavy (non-hydrogen) atoms. The third kappa shape index (κ3) is 2.98. The number of nitrogens with one attached hydrogen (secondary N) is 1. The van der Waals surface area contributed by atoms with Crippen molar-refractivity contribution >= 4 is 11.5 Å². The van der Waals surface area contributed by atoms with Gasteiger partial charge >= 0.3 is 0 Å². The first-order chi connectivity index (χ1) is 13.4. The standard InChI is InChI=1S/C20H17N5O2/c1-2-15(16-12-26-13-27-18(16)3-1)10-22-19-4-5-20-23-11-17(25(20)24-19)14-6-8-21-9-7-14/h1-9,11H,10,12-13H2,(H,22,24). The van der Waals surface area contributed by atoms with E-state index in [-0.39, 0.29) is 0 Å². The topological polar surface area (TPSA) is 73.6 Å². The Morgan fingerprint density at radius 1 is 1.07 bits per heavy atom. The maximum Gasteiger partial charge on any atom is 0.189 e. The Bertz CT molecular complexity index is 1090. The lowest BCUT2D eigenvalue weighted by atomic mass is 10.1. The minimum absolute atomic E-state index is 0.306. The summed E-state index contributed by atoms with van der Waals surface area (Å²) < 4.78 is 12.8. The van der Waals surface area contributed by atoms with E-state index >= 15 is 0 Å². The second-order valence-electron chi connectivity index (χ2n) is 6.23. The fourth-order valence-corrected chi connectivity index (χ4v) is 3.20. The van der Waals surface area contributed by atoms with Gasteiger partial charge < -0.3 is 14.8 Å². The number of fused-ring (bicyclic) bond motifs is 2. The number of aromatic nitrogens is 4.